The quantitative estimate of drug-likeness (QED) is 0.413. The molecule has 1 amide bonds. The molecule has 7 heteroatoms. The Kier molecular flexibility index (Phi) is 6.80. The van der Waals surface area contributed by atoms with E-state index in [1.165, 1.54) is 4.90 Å². The third-order valence-electron chi connectivity index (χ3n) is 4.95. The van der Waals surface area contributed by atoms with Crippen molar-refractivity contribution in [2.45, 2.75) is 13.0 Å². The molecule has 0 spiro atoms. The molecule has 0 aromatic heterocycles. The molecule has 158 valence electrons. The zero-order chi connectivity index (χ0) is 21.8. The van der Waals surface area contributed by atoms with Crippen LogP contribution in [0.2, 0.25) is 5.02 Å². The van der Waals surface area contributed by atoms with Crippen molar-refractivity contribution < 1.29 is 19.4 Å². The normalized spacial score (nSPS) is 18.3. The molecule has 0 radical (unpaired) electrons. The fourth-order valence-corrected chi connectivity index (χ4v) is 3.57. The minimum Gasteiger partial charge on any atom is -0.507 e. The van der Waals surface area contributed by atoms with Crippen LogP contribution in [-0.2, 0) is 9.59 Å². The van der Waals surface area contributed by atoms with Crippen LogP contribution in [0.15, 0.2) is 54.1 Å². The fraction of sp³-hybridized carbons (Fsp3) is 0.304. The Morgan fingerprint density at radius 3 is 2.30 bits per heavy atom. The van der Waals surface area contributed by atoms with Crippen LogP contribution in [0.25, 0.3) is 5.76 Å². The van der Waals surface area contributed by atoms with Crippen molar-refractivity contribution in [1.29, 1.82) is 0 Å². The maximum absolute atomic E-state index is 12.9. The lowest BCUT2D eigenvalue weighted by Crippen LogP contribution is -2.35. The first-order valence-electron chi connectivity index (χ1n) is 9.75. The number of nitrogens with zero attached hydrogens (tertiary/aromatic N) is 2. The Morgan fingerprint density at radius 2 is 1.73 bits per heavy atom. The minimum atomic E-state index is -0.694. The Hall–Kier alpha value is -2.83. The van der Waals surface area contributed by atoms with Crippen LogP contribution in [0.3, 0.4) is 0 Å². The summed E-state index contributed by atoms with van der Waals surface area (Å²) < 4.78 is 5.43. The van der Waals surface area contributed by atoms with Gasteiger partial charge in [0.25, 0.3) is 11.7 Å². The van der Waals surface area contributed by atoms with E-state index in [9.17, 15) is 14.7 Å². The Morgan fingerprint density at radius 1 is 1.10 bits per heavy atom. The zero-order valence-corrected chi connectivity index (χ0v) is 18.0. The van der Waals surface area contributed by atoms with Crippen molar-refractivity contribution in [2.24, 2.45) is 0 Å². The summed E-state index contributed by atoms with van der Waals surface area (Å²) in [6, 6.07) is 13.1. The van der Waals surface area contributed by atoms with Crippen LogP contribution in [0.5, 0.6) is 5.75 Å². The molecule has 1 aliphatic heterocycles. The molecular formula is C23H25ClN2O4. The number of aliphatic hydroxyl groups excluding tert-OH is 1. The van der Waals surface area contributed by atoms with E-state index in [0.717, 1.165) is 0 Å². The van der Waals surface area contributed by atoms with Gasteiger partial charge in [-0.3, -0.25) is 9.59 Å². The van der Waals surface area contributed by atoms with Crippen molar-refractivity contribution in [1.82, 2.24) is 9.80 Å². The molecular weight excluding hydrogens is 404 g/mol. The molecule has 1 atom stereocenters. The van der Waals surface area contributed by atoms with Crippen LogP contribution in [-0.4, -0.2) is 60.4 Å². The molecule has 1 unspecified atom stereocenters. The number of hydrogen-bond acceptors (Lipinski definition) is 5. The number of carbonyl (C=O) groups is 2. The summed E-state index contributed by atoms with van der Waals surface area (Å²) in [4.78, 5) is 29.2. The van der Waals surface area contributed by atoms with E-state index in [1.807, 2.05) is 25.9 Å². The van der Waals surface area contributed by atoms with Gasteiger partial charge in [-0.2, -0.15) is 0 Å². The van der Waals surface area contributed by atoms with Gasteiger partial charge in [0.15, 0.2) is 0 Å². The molecule has 6 nitrogen and oxygen atoms in total. The molecule has 30 heavy (non-hydrogen) atoms. The van der Waals surface area contributed by atoms with Gasteiger partial charge in [0.05, 0.1) is 18.2 Å². The van der Waals surface area contributed by atoms with Crippen LogP contribution in [0, 0.1) is 0 Å². The smallest absolute Gasteiger partial charge is 0.295 e. The van der Waals surface area contributed by atoms with E-state index < -0.39 is 17.7 Å². The fourth-order valence-electron chi connectivity index (χ4n) is 3.44. The SMILES string of the molecule is CCOc1ccc(/C(O)=C2/C(=O)C(=O)N(CCN(C)C)C2c2ccc(Cl)cc2)cc1. The minimum absolute atomic E-state index is 0.0743. The number of aliphatic hydroxyl groups is 1. The largest absolute Gasteiger partial charge is 0.507 e. The molecule has 2 aromatic rings. The van der Waals surface area contributed by atoms with E-state index in [0.29, 0.717) is 41.6 Å². The van der Waals surface area contributed by atoms with Gasteiger partial charge in [-0.1, -0.05) is 23.7 Å². The Labute approximate surface area is 181 Å². The number of halogens is 1. The van der Waals surface area contributed by atoms with Gasteiger partial charge in [-0.25, -0.2) is 0 Å². The number of ketones is 1. The highest BCUT2D eigenvalue weighted by Gasteiger charge is 2.45. The highest BCUT2D eigenvalue weighted by atomic mass is 35.5. The lowest BCUT2D eigenvalue weighted by Gasteiger charge is -2.26. The zero-order valence-electron chi connectivity index (χ0n) is 17.3. The number of ether oxygens (including phenoxy) is 1. The van der Waals surface area contributed by atoms with Crippen LogP contribution >= 0.6 is 11.6 Å². The van der Waals surface area contributed by atoms with Gasteiger partial charge < -0.3 is 19.6 Å². The van der Waals surface area contributed by atoms with Crippen molar-refractivity contribution >= 4 is 29.1 Å². The van der Waals surface area contributed by atoms with Crippen LogP contribution in [0.1, 0.15) is 24.1 Å². The Balaban J connectivity index is 2.08. The standard InChI is InChI=1S/C23H25ClN2O4/c1-4-30-18-11-7-16(8-12-18)21(27)19-20(15-5-9-17(24)10-6-15)26(14-13-25(2)3)23(29)22(19)28/h5-12,20,27H,4,13-14H2,1-3H3/b21-19-. The summed E-state index contributed by atoms with van der Waals surface area (Å²) in [7, 11) is 3.79. The first-order valence-corrected chi connectivity index (χ1v) is 10.1. The predicted molar refractivity (Wildman–Crippen MR) is 117 cm³/mol. The first kappa shape index (κ1) is 21.9. The van der Waals surface area contributed by atoms with E-state index in [4.69, 9.17) is 16.3 Å². The van der Waals surface area contributed by atoms with Crippen molar-refractivity contribution in [2.75, 3.05) is 33.8 Å². The predicted octanol–water partition coefficient (Wildman–Crippen LogP) is 3.72. The maximum Gasteiger partial charge on any atom is 0.295 e. The Bertz CT molecular complexity index is 952. The molecule has 1 aliphatic rings. The number of hydrogen-bond donors (Lipinski definition) is 1. The van der Waals surface area contributed by atoms with Crippen LogP contribution < -0.4 is 4.74 Å². The topological polar surface area (TPSA) is 70.1 Å². The number of likely N-dealkylation sites (tertiary alicyclic amines) is 1. The molecule has 1 fully saturated rings. The number of likely N-dealkylation sites (N-methyl/N-ethyl adjacent to an activating group) is 1. The summed E-state index contributed by atoms with van der Waals surface area (Å²) in [5.41, 5.74) is 1.23. The average molecular weight is 429 g/mol. The van der Waals surface area contributed by atoms with Gasteiger partial charge in [0.1, 0.15) is 11.5 Å². The van der Waals surface area contributed by atoms with Gasteiger partial charge in [-0.05, 0) is 63.0 Å². The van der Waals surface area contributed by atoms with E-state index in [2.05, 4.69) is 0 Å². The molecule has 3 rings (SSSR count). The molecule has 1 heterocycles. The van der Waals surface area contributed by atoms with Gasteiger partial charge >= 0.3 is 0 Å². The molecule has 2 aromatic carbocycles. The van der Waals surface area contributed by atoms with E-state index in [-0.39, 0.29) is 11.3 Å². The molecule has 0 saturated carbocycles. The third kappa shape index (κ3) is 4.50. The van der Waals surface area contributed by atoms with Gasteiger partial charge in [-0.15, -0.1) is 0 Å². The maximum atomic E-state index is 12.9. The van der Waals surface area contributed by atoms with Crippen molar-refractivity contribution in [3.63, 3.8) is 0 Å². The van der Waals surface area contributed by atoms with Gasteiger partial charge in [0.2, 0.25) is 0 Å². The first-order chi connectivity index (χ1) is 14.3. The number of benzene rings is 2. The third-order valence-corrected chi connectivity index (χ3v) is 5.20. The number of carbonyl (C=O) groups excluding carboxylic acids is 2. The second kappa shape index (κ2) is 9.32. The molecule has 1 saturated heterocycles. The molecule has 0 aliphatic carbocycles. The van der Waals surface area contributed by atoms with E-state index >= 15 is 0 Å². The monoisotopic (exact) mass is 428 g/mol. The van der Waals surface area contributed by atoms with Crippen molar-refractivity contribution in [3.8, 4) is 5.75 Å². The second-order valence-corrected chi connectivity index (χ2v) is 7.74. The average Bonchev–Trinajstić information content (AvgIpc) is 2.98. The summed E-state index contributed by atoms with van der Waals surface area (Å²) in [5, 5.41) is 11.6. The number of Topliss-reactive ketones (excluding diaryl/α,β-unsaturated/α-hetero) is 1. The highest BCUT2D eigenvalue weighted by Crippen LogP contribution is 2.39. The summed E-state index contributed by atoms with van der Waals surface area (Å²) >= 11 is 6.02. The molecule has 1 N–H and O–H groups in total. The summed E-state index contributed by atoms with van der Waals surface area (Å²) in [6.07, 6.45) is 0. The van der Waals surface area contributed by atoms with Crippen molar-refractivity contribution in [3.05, 3.63) is 70.3 Å². The summed E-state index contributed by atoms with van der Waals surface area (Å²) in [5.74, 6) is -0.859. The number of rotatable bonds is 7. The summed E-state index contributed by atoms with van der Waals surface area (Å²) in [6.45, 7) is 3.35. The van der Waals surface area contributed by atoms with E-state index in [1.54, 1.807) is 48.5 Å². The lowest BCUT2D eigenvalue weighted by molar-refractivity contribution is -0.140. The number of amides is 1. The second-order valence-electron chi connectivity index (χ2n) is 7.30. The molecule has 0 bridgehead atoms. The van der Waals surface area contributed by atoms with Crippen LogP contribution in [0.4, 0.5) is 0 Å². The van der Waals surface area contributed by atoms with Gasteiger partial charge in [0, 0.05) is 23.7 Å². The highest BCUT2D eigenvalue weighted by molar-refractivity contribution is 6.46. The lowest BCUT2D eigenvalue weighted by atomic mass is 9.95.